The number of rotatable bonds is 4. The summed E-state index contributed by atoms with van der Waals surface area (Å²) in [6.45, 7) is -0.193. The lowest BCUT2D eigenvalue weighted by Gasteiger charge is -2.20. The van der Waals surface area contributed by atoms with E-state index in [2.05, 4.69) is 15.9 Å². The Morgan fingerprint density at radius 1 is 1.35 bits per heavy atom. The van der Waals surface area contributed by atoms with Gasteiger partial charge in [-0.05, 0) is 17.7 Å². The Morgan fingerprint density at radius 3 is 2.47 bits per heavy atom. The van der Waals surface area contributed by atoms with Crippen LogP contribution in [0.3, 0.4) is 0 Å². The van der Waals surface area contributed by atoms with E-state index in [-0.39, 0.29) is 13.2 Å². The third kappa shape index (κ3) is 4.55. The molecule has 2 nitrogen and oxygen atoms in total. The first kappa shape index (κ1) is 14.3. The third-order valence-corrected chi connectivity index (χ3v) is 3.12. The Hall–Kier alpha value is -0.750. The van der Waals surface area contributed by atoms with Gasteiger partial charge < -0.3 is 10.0 Å². The van der Waals surface area contributed by atoms with Crippen LogP contribution in [-0.2, 0) is 6.61 Å². The van der Waals surface area contributed by atoms with Gasteiger partial charge in [-0.3, -0.25) is 0 Å². The molecule has 1 rings (SSSR count). The van der Waals surface area contributed by atoms with Gasteiger partial charge in [0.25, 0.3) is 0 Å². The Morgan fingerprint density at radius 2 is 2.00 bits per heavy atom. The van der Waals surface area contributed by atoms with Gasteiger partial charge in [0.05, 0.1) is 13.0 Å². The fourth-order valence-electron chi connectivity index (χ4n) is 1.33. The molecule has 0 atom stereocenters. The quantitative estimate of drug-likeness (QED) is 0.922. The van der Waals surface area contributed by atoms with Gasteiger partial charge in [-0.2, -0.15) is 13.2 Å². The molecule has 0 aromatic heterocycles. The number of alkyl halides is 3. The van der Waals surface area contributed by atoms with E-state index in [4.69, 9.17) is 5.11 Å². The second kappa shape index (κ2) is 5.73. The van der Waals surface area contributed by atoms with Crippen molar-refractivity contribution in [2.24, 2.45) is 0 Å². The van der Waals surface area contributed by atoms with Gasteiger partial charge in [0.1, 0.15) is 0 Å². The minimum atomic E-state index is -4.14. The maximum absolute atomic E-state index is 12.1. The van der Waals surface area contributed by atoms with Gasteiger partial charge in [0.2, 0.25) is 0 Å². The van der Waals surface area contributed by atoms with Crippen LogP contribution in [0.25, 0.3) is 0 Å². The molecule has 1 N–H and O–H groups in total. The average molecular weight is 312 g/mol. The fourth-order valence-corrected chi connectivity index (χ4v) is 1.82. The van der Waals surface area contributed by atoms with Gasteiger partial charge in [-0.15, -0.1) is 0 Å². The van der Waals surface area contributed by atoms with Crippen molar-refractivity contribution in [3.05, 3.63) is 28.2 Å². The van der Waals surface area contributed by atoms with E-state index in [1.165, 1.54) is 4.90 Å². The summed E-state index contributed by atoms with van der Waals surface area (Å²) in [4.78, 5) is 1.53. The number of anilines is 1. The predicted octanol–water partition coefficient (Wildman–Crippen LogP) is 3.33. The summed E-state index contributed by atoms with van der Waals surface area (Å²) in [5.41, 5.74) is 1.39. The zero-order valence-electron chi connectivity index (χ0n) is 9.26. The molecule has 0 radical (unpaired) electrons. The van der Waals surface area contributed by atoms with Crippen molar-refractivity contribution in [1.29, 1.82) is 0 Å². The van der Waals surface area contributed by atoms with Crippen molar-refractivity contribution in [3.63, 3.8) is 0 Å². The van der Waals surface area contributed by atoms with Crippen molar-refractivity contribution >= 4 is 21.6 Å². The maximum atomic E-state index is 12.1. The summed E-state index contributed by atoms with van der Waals surface area (Å²) in [5.74, 6) is 0. The second-order valence-corrected chi connectivity index (χ2v) is 4.57. The summed E-state index contributed by atoms with van der Waals surface area (Å²) < 4.78 is 36.9. The van der Waals surface area contributed by atoms with Gasteiger partial charge in [0.15, 0.2) is 0 Å². The van der Waals surface area contributed by atoms with E-state index in [0.29, 0.717) is 15.7 Å². The molecule has 1 aromatic carbocycles. The summed E-state index contributed by atoms with van der Waals surface area (Å²) in [5, 5.41) is 8.97. The van der Waals surface area contributed by atoms with Crippen LogP contribution in [0.15, 0.2) is 22.7 Å². The van der Waals surface area contributed by atoms with Gasteiger partial charge >= 0.3 is 6.18 Å². The van der Waals surface area contributed by atoms with Gasteiger partial charge in [0, 0.05) is 23.8 Å². The lowest BCUT2D eigenvalue weighted by atomic mass is 10.2. The summed E-state index contributed by atoms with van der Waals surface area (Å²) >= 11 is 3.26. The average Bonchev–Trinajstić information content (AvgIpc) is 2.24. The smallest absolute Gasteiger partial charge is 0.390 e. The third-order valence-electron chi connectivity index (χ3n) is 2.38. The summed E-state index contributed by atoms with van der Waals surface area (Å²) in [6, 6.07) is 5.07. The molecular weight excluding hydrogens is 299 g/mol. The first-order valence-electron chi connectivity index (χ1n) is 5.00. The molecule has 0 aliphatic carbocycles. The summed E-state index contributed by atoms with van der Waals surface area (Å²) in [7, 11) is 1.60. The zero-order chi connectivity index (χ0) is 13.1. The van der Waals surface area contributed by atoms with Crippen LogP contribution in [0.2, 0.25) is 0 Å². The zero-order valence-corrected chi connectivity index (χ0v) is 10.8. The minimum absolute atomic E-state index is 0.0889. The summed E-state index contributed by atoms with van der Waals surface area (Å²) in [6.07, 6.45) is -4.99. The molecule has 0 unspecified atom stereocenters. The number of aliphatic hydroxyl groups is 1. The van der Waals surface area contributed by atoms with Crippen LogP contribution in [-0.4, -0.2) is 24.9 Å². The Bertz CT molecular complexity index is 381. The first-order chi connectivity index (χ1) is 7.83. The van der Waals surface area contributed by atoms with E-state index in [0.717, 1.165) is 0 Å². The first-order valence-corrected chi connectivity index (χ1v) is 5.80. The van der Waals surface area contributed by atoms with Crippen molar-refractivity contribution in [2.75, 3.05) is 18.5 Å². The van der Waals surface area contributed by atoms with Crippen molar-refractivity contribution in [3.8, 4) is 0 Å². The Balaban J connectivity index is 2.69. The largest absolute Gasteiger partial charge is 0.392 e. The highest BCUT2D eigenvalue weighted by Gasteiger charge is 2.27. The van der Waals surface area contributed by atoms with Crippen LogP contribution < -0.4 is 4.90 Å². The molecule has 17 heavy (non-hydrogen) atoms. The molecule has 0 saturated carbocycles. The number of hydrogen-bond donors (Lipinski definition) is 1. The van der Waals surface area contributed by atoms with Crippen molar-refractivity contribution in [1.82, 2.24) is 0 Å². The fraction of sp³-hybridized carbons (Fsp3) is 0.455. The van der Waals surface area contributed by atoms with E-state index in [9.17, 15) is 13.2 Å². The standard InChI is InChI=1S/C11H13BrF3NO/c1-16(5-4-11(13,14)15)9-3-2-8(7-17)10(12)6-9/h2-3,6,17H,4-5,7H2,1H3. The monoisotopic (exact) mass is 311 g/mol. The second-order valence-electron chi connectivity index (χ2n) is 3.72. The van der Waals surface area contributed by atoms with Crippen LogP contribution in [0, 0.1) is 0 Å². The maximum Gasteiger partial charge on any atom is 0.390 e. The van der Waals surface area contributed by atoms with Crippen LogP contribution in [0.1, 0.15) is 12.0 Å². The molecule has 0 aliphatic rings. The highest BCUT2D eigenvalue weighted by Crippen LogP contribution is 2.25. The number of hydrogen-bond acceptors (Lipinski definition) is 2. The van der Waals surface area contributed by atoms with E-state index in [1.807, 2.05) is 0 Å². The topological polar surface area (TPSA) is 23.5 Å². The Labute approximate surface area is 106 Å². The number of nitrogens with zero attached hydrogens (tertiary/aromatic N) is 1. The minimum Gasteiger partial charge on any atom is -0.392 e. The molecule has 0 bridgehead atoms. The molecule has 6 heteroatoms. The van der Waals surface area contributed by atoms with Crippen molar-refractivity contribution < 1.29 is 18.3 Å². The molecule has 0 amide bonds. The normalized spacial score (nSPS) is 11.6. The number of halogens is 4. The number of benzene rings is 1. The molecule has 0 spiro atoms. The van der Waals surface area contributed by atoms with Gasteiger partial charge in [-0.25, -0.2) is 0 Å². The van der Waals surface area contributed by atoms with Crippen molar-refractivity contribution in [2.45, 2.75) is 19.2 Å². The number of aliphatic hydroxyl groups excluding tert-OH is 1. The van der Waals surface area contributed by atoms with E-state index in [1.54, 1.807) is 25.2 Å². The van der Waals surface area contributed by atoms with Crippen LogP contribution in [0.5, 0.6) is 0 Å². The molecule has 1 aromatic rings. The lowest BCUT2D eigenvalue weighted by molar-refractivity contribution is -0.132. The lowest BCUT2D eigenvalue weighted by Crippen LogP contribution is -2.24. The van der Waals surface area contributed by atoms with E-state index < -0.39 is 12.6 Å². The van der Waals surface area contributed by atoms with Gasteiger partial charge in [-0.1, -0.05) is 22.0 Å². The predicted molar refractivity (Wildman–Crippen MR) is 64.0 cm³/mol. The molecule has 96 valence electrons. The molecule has 0 aliphatic heterocycles. The molecular formula is C11H13BrF3NO. The molecule has 0 heterocycles. The highest BCUT2D eigenvalue weighted by atomic mass is 79.9. The SMILES string of the molecule is CN(CCC(F)(F)F)c1ccc(CO)c(Br)c1. The highest BCUT2D eigenvalue weighted by molar-refractivity contribution is 9.10. The molecule has 0 saturated heterocycles. The Kier molecular flexibility index (Phi) is 4.82. The van der Waals surface area contributed by atoms with Crippen LogP contribution in [0.4, 0.5) is 18.9 Å². The molecule has 0 fully saturated rings. The van der Waals surface area contributed by atoms with Crippen LogP contribution >= 0.6 is 15.9 Å². The van der Waals surface area contributed by atoms with E-state index >= 15 is 0 Å².